The molecular formula is C45H27N3S. The van der Waals surface area contributed by atoms with E-state index in [1.165, 1.54) is 69.2 Å². The number of pyridine rings is 1. The van der Waals surface area contributed by atoms with Gasteiger partial charge in [0.1, 0.15) is 0 Å². The van der Waals surface area contributed by atoms with Gasteiger partial charge in [-0.05, 0) is 48.5 Å². The Kier molecular flexibility index (Phi) is 5.54. The smallest absolute Gasteiger partial charge is 0.0888 e. The molecule has 49 heavy (non-hydrogen) atoms. The Morgan fingerprint density at radius 2 is 0.939 bits per heavy atom. The van der Waals surface area contributed by atoms with Gasteiger partial charge in [0, 0.05) is 59.3 Å². The Labute approximate surface area is 285 Å². The second-order valence-corrected chi connectivity index (χ2v) is 13.8. The number of para-hydroxylation sites is 4. The van der Waals surface area contributed by atoms with Crippen LogP contribution < -0.4 is 0 Å². The molecule has 0 spiro atoms. The van der Waals surface area contributed by atoms with Gasteiger partial charge in [0.05, 0.1) is 38.0 Å². The highest BCUT2D eigenvalue weighted by Crippen LogP contribution is 2.44. The minimum Gasteiger partial charge on any atom is -0.307 e. The molecule has 11 aromatic rings. The van der Waals surface area contributed by atoms with Crippen molar-refractivity contribution in [3.63, 3.8) is 0 Å². The second kappa shape index (κ2) is 10.1. The Hall–Kier alpha value is -6.23. The molecule has 0 aliphatic carbocycles. The van der Waals surface area contributed by atoms with Crippen LogP contribution in [-0.4, -0.2) is 14.1 Å². The summed E-state index contributed by atoms with van der Waals surface area (Å²) in [5.74, 6) is 0. The van der Waals surface area contributed by atoms with Crippen molar-refractivity contribution in [1.82, 2.24) is 14.1 Å². The molecule has 0 fully saturated rings. The molecule has 0 bridgehead atoms. The maximum absolute atomic E-state index is 5.27. The molecule has 0 unspecified atom stereocenters. The monoisotopic (exact) mass is 641 g/mol. The summed E-state index contributed by atoms with van der Waals surface area (Å²) in [7, 11) is 0. The van der Waals surface area contributed by atoms with E-state index < -0.39 is 0 Å². The first kappa shape index (κ1) is 26.8. The van der Waals surface area contributed by atoms with Gasteiger partial charge in [0.15, 0.2) is 0 Å². The van der Waals surface area contributed by atoms with Crippen LogP contribution in [0.25, 0.3) is 97.3 Å². The number of hydrogen-bond acceptors (Lipinski definition) is 2. The minimum absolute atomic E-state index is 1.02. The summed E-state index contributed by atoms with van der Waals surface area (Å²) in [5, 5.41) is 8.79. The lowest BCUT2D eigenvalue weighted by Crippen LogP contribution is -1.98. The highest BCUT2D eigenvalue weighted by molar-refractivity contribution is 7.26. The van der Waals surface area contributed by atoms with Gasteiger partial charge in [-0.15, -0.1) is 11.3 Å². The van der Waals surface area contributed by atoms with Crippen LogP contribution in [0.4, 0.5) is 0 Å². The molecule has 3 nitrogen and oxygen atoms in total. The summed E-state index contributed by atoms with van der Waals surface area (Å²) < 4.78 is 7.42. The van der Waals surface area contributed by atoms with Gasteiger partial charge in [-0.3, -0.25) is 0 Å². The SMILES string of the molecule is c1ccc(-n2c3ccccc3c3ccc4c5ccccc5n(-c5ccc(-c6nc7ccccc7c7c6sc6ccccc67)cc5)c4c32)cc1. The first-order chi connectivity index (χ1) is 24.3. The van der Waals surface area contributed by atoms with E-state index in [4.69, 9.17) is 4.98 Å². The zero-order valence-corrected chi connectivity index (χ0v) is 27.2. The largest absolute Gasteiger partial charge is 0.307 e. The molecule has 0 radical (unpaired) electrons. The molecule has 228 valence electrons. The van der Waals surface area contributed by atoms with Crippen molar-refractivity contribution in [2.24, 2.45) is 0 Å². The topological polar surface area (TPSA) is 22.8 Å². The quantitative estimate of drug-likeness (QED) is 0.188. The van der Waals surface area contributed by atoms with E-state index >= 15 is 0 Å². The van der Waals surface area contributed by atoms with Crippen molar-refractivity contribution in [2.45, 2.75) is 0 Å². The van der Waals surface area contributed by atoms with Crippen LogP contribution in [0.2, 0.25) is 0 Å². The maximum Gasteiger partial charge on any atom is 0.0888 e. The molecule has 0 saturated carbocycles. The van der Waals surface area contributed by atoms with Crippen molar-refractivity contribution < 1.29 is 0 Å². The normalized spacial score (nSPS) is 12.1. The highest BCUT2D eigenvalue weighted by atomic mass is 32.1. The standard InChI is InChI=1S/C45H27N3S/c1-2-12-29(13-3-1)47-38-19-9-5-14-31(38)33-26-27-34-32-15-6-10-20-39(32)48(44(34)43(33)47)30-24-22-28(23-25-30)42-45-41(35-16-4-8-18-37(35)46-42)36-17-7-11-21-40(36)49-45/h1-27H. The maximum atomic E-state index is 5.27. The number of rotatable bonds is 3. The Morgan fingerprint density at radius 1 is 0.408 bits per heavy atom. The molecule has 7 aromatic carbocycles. The van der Waals surface area contributed by atoms with Gasteiger partial charge in [-0.25, -0.2) is 4.98 Å². The molecule has 0 N–H and O–H groups in total. The summed E-state index contributed by atoms with van der Waals surface area (Å²) in [4.78, 5) is 5.27. The van der Waals surface area contributed by atoms with Crippen LogP contribution in [0.3, 0.4) is 0 Å². The van der Waals surface area contributed by atoms with Crippen molar-refractivity contribution in [3.05, 3.63) is 164 Å². The van der Waals surface area contributed by atoms with E-state index in [-0.39, 0.29) is 0 Å². The highest BCUT2D eigenvalue weighted by Gasteiger charge is 2.21. The average molecular weight is 642 g/mol. The van der Waals surface area contributed by atoms with Gasteiger partial charge in [-0.1, -0.05) is 115 Å². The van der Waals surface area contributed by atoms with E-state index in [1.807, 2.05) is 11.3 Å². The lowest BCUT2D eigenvalue weighted by atomic mass is 10.0. The molecule has 0 aliphatic heterocycles. The number of benzene rings is 7. The molecule has 0 saturated heterocycles. The van der Waals surface area contributed by atoms with Gasteiger partial charge in [0.2, 0.25) is 0 Å². The lowest BCUT2D eigenvalue weighted by Gasteiger charge is -2.13. The summed E-state index contributed by atoms with van der Waals surface area (Å²) in [6.07, 6.45) is 0. The number of hydrogen-bond donors (Lipinski definition) is 0. The predicted molar refractivity (Wildman–Crippen MR) is 209 cm³/mol. The second-order valence-electron chi connectivity index (χ2n) is 12.7. The summed E-state index contributed by atoms with van der Waals surface area (Å²) >= 11 is 1.84. The van der Waals surface area contributed by atoms with E-state index in [1.54, 1.807) is 0 Å². The minimum atomic E-state index is 1.02. The van der Waals surface area contributed by atoms with Crippen LogP contribution in [0.1, 0.15) is 0 Å². The zero-order valence-electron chi connectivity index (χ0n) is 26.3. The Morgan fingerprint density at radius 3 is 1.61 bits per heavy atom. The number of thiophene rings is 1. The van der Waals surface area contributed by atoms with Crippen molar-refractivity contribution in [3.8, 4) is 22.6 Å². The first-order valence-electron chi connectivity index (χ1n) is 16.6. The molecule has 4 aromatic heterocycles. The molecule has 0 atom stereocenters. The molecule has 4 heteroatoms. The van der Waals surface area contributed by atoms with Gasteiger partial charge < -0.3 is 9.13 Å². The molecule has 0 amide bonds. The van der Waals surface area contributed by atoms with Gasteiger partial charge in [-0.2, -0.15) is 0 Å². The lowest BCUT2D eigenvalue weighted by molar-refractivity contribution is 1.15. The summed E-state index contributed by atoms with van der Waals surface area (Å²) in [6.45, 7) is 0. The van der Waals surface area contributed by atoms with Crippen molar-refractivity contribution >= 4 is 86.0 Å². The molecule has 11 rings (SSSR count). The molecular weight excluding hydrogens is 615 g/mol. The van der Waals surface area contributed by atoms with Gasteiger partial charge >= 0.3 is 0 Å². The van der Waals surface area contributed by atoms with Crippen LogP contribution in [0, 0.1) is 0 Å². The van der Waals surface area contributed by atoms with E-state index in [2.05, 4.69) is 173 Å². The van der Waals surface area contributed by atoms with Crippen LogP contribution in [0.15, 0.2) is 164 Å². The fourth-order valence-corrected chi connectivity index (χ4v) is 9.24. The third-order valence-electron chi connectivity index (χ3n) is 10.1. The van der Waals surface area contributed by atoms with Crippen LogP contribution >= 0.6 is 11.3 Å². The van der Waals surface area contributed by atoms with Crippen molar-refractivity contribution in [2.75, 3.05) is 0 Å². The van der Waals surface area contributed by atoms with Crippen molar-refractivity contribution in [1.29, 1.82) is 0 Å². The zero-order chi connectivity index (χ0) is 32.1. The molecule has 0 aliphatic rings. The third-order valence-corrected chi connectivity index (χ3v) is 11.3. The first-order valence-corrected chi connectivity index (χ1v) is 17.5. The number of nitrogens with zero attached hydrogens (tertiary/aromatic N) is 3. The summed E-state index contributed by atoms with van der Waals surface area (Å²) in [5.41, 5.74) is 10.3. The van der Waals surface area contributed by atoms with E-state index in [0.717, 1.165) is 28.1 Å². The van der Waals surface area contributed by atoms with Gasteiger partial charge in [0.25, 0.3) is 0 Å². The fraction of sp³-hybridized carbons (Fsp3) is 0. The summed E-state index contributed by atoms with van der Waals surface area (Å²) in [6, 6.07) is 59.2. The average Bonchev–Trinajstić information content (AvgIpc) is 3.83. The van der Waals surface area contributed by atoms with E-state index in [9.17, 15) is 0 Å². The Bertz CT molecular complexity index is 3090. The predicted octanol–water partition coefficient (Wildman–Crippen LogP) is 12.5. The third kappa shape index (κ3) is 3.75. The Balaban J connectivity index is 1.20. The van der Waals surface area contributed by atoms with Crippen LogP contribution in [0.5, 0.6) is 0 Å². The number of aromatic nitrogens is 3. The van der Waals surface area contributed by atoms with Crippen LogP contribution in [-0.2, 0) is 0 Å². The van der Waals surface area contributed by atoms with E-state index in [0.29, 0.717) is 0 Å². The molecule has 4 heterocycles. The number of fused-ring (bicyclic) bond motifs is 12. The fourth-order valence-electron chi connectivity index (χ4n) is 8.01.